The Kier molecular flexibility index (Phi) is 9.30. The average Bonchev–Trinajstić information content (AvgIpc) is 2.55. The average molecular weight is 462 g/mol. The van der Waals surface area contributed by atoms with Gasteiger partial charge in [0.2, 0.25) is 0 Å². The second-order valence-electron chi connectivity index (χ2n) is 6.01. The summed E-state index contributed by atoms with van der Waals surface area (Å²) in [5.41, 5.74) is 1.39. The molecule has 1 N–H and O–H groups in total. The summed E-state index contributed by atoms with van der Waals surface area (Å²) in [6.45, 7) is 2.99. The van der Waals surface area contributed by atoms with E-state index in [0.717, 1.165) is 31.7 Å². The number of alkyl halides is 3. The van der Waals surface area contributed by atoms with Crippen molar-refractivity contribution in [2.45, 2.75) is 12.4 Å². The van der Waals surface area contributed by atoms with Crippen LogP contribution in [0.2, 0.25) is 5.02 Å². The van der Waals surface area contributed by atoms with Crippen LogP contribution in [0.1, 0.15) is 17.2 Å². The fraction of sp³-hybridized carbons (Fsp3) is 0.333. The third-order valence-electron chi connectivity index (χ3n) is 4.15. The van der Waals surface area contributed by atoms with Gasteiger partial charge in [-0.3, -0.25) is 4.90 Å². The van der Waals surface area contributed by atoms with Crippen LogP contribution >= 0.6 is 36.4 Å². The quantitative estimate of drug-likeness (QED) is 0.632. The molecular formula is C18H19Cl3F4N2O. The molecule has 1 aliphatic heterocycles. The zero-order valence-electron chi connectivity index (χ0n) is 14.5. The molecule has 0 aromatic heterocycles. The number of ether oxygens (including phenoxy) is 1. The maximum Gasteiger partial charge on any atom is 0.573 e. The summed E-state index contributed by atoms with van der Waals surface area (Å²) in [7, 11) is 0. The van der Waals surface area contributed by atoms with Crippen LogP contribution in [-0.2, 0) is 0 Å². The summed E-state index contributed by atoms with van der Waals surface area (Å²) < 4.78 is 54.8. The van der Waals surface area contributed by atoms with E-state index in [0.29, 0.717) is 5.56 Å². The number of nitrogens with one attached hydrogen (secondary N) is 1. The van der Waals surface area contributed by atoms with Crippen molar-refractivity contribution in [1.82, 2.24) is 10.2 Å². The Bertz CT molecular complexity index is 733. The largest absolute Gasteiger partial charge is 0.573 e. The van der Waals surface area contributed by atoms with Crippen molar-refractivity contribution in [2.75, 3.05) is 26.2 Å². The highest BCUT2D eigenvalue weighted by Gasteiger charge is 2.31. The standard InChI is InChI=1S/C18H17ClF4N2O.2ClH/c19-14-9-13(10-15(20)11-14)17(25-7-5-24-6-8-25)12-1-3-16(4-2-12)26-18(21,22)23;;/h1-4,9-11,17,24H,5-8H2;2*1H/t17-;;/m0../s1. The van der Waals surface area contributed by atoms with Crippen LogP contribution in [0.25, 0.3) is 0 Å². The number of nitrogens with zero attached hydrogens (tertiary/aromatic N) is 1. The maximum atomic E-state index is 13.9. The number of rotatable bonds is 4. The van der Waals surface area contributed by atoms with Gasteiger partial charge in [0.1, 0.15) is 11.6 Å². The van der Waals surface area contributed by atoms with Crippen LogP contribution in [-0.4, -0.2) is 37.4 Å². The summed E-state index contributed by atoms with van der Waals surface area (Å²) in [4.78, 5) is 2.14. The molecule has 1 saturated heterocycles. The van der Waals surface area contributed by atoms with Crippen LogP contribution in [0.4, 0.5) is 17.6 Å². The van der Waals surface area contributed by atoms with Crippen molar-refractivity contribution in [2.24, 2.45) is 0 Å². The van der Waals surface area contributed by atoms with Crippen LogP contribution in [0.15, 0.2) is 42.5 Å². The first-order valence-electron chi connectivity index (χ1n) is 8.08. The first kappa shape index (κ1) is 24.8. The van der Waals surface area contributed by atoms with Crippen molar-refractivity contribution in [3.63, 3.8) is 0 Å². The molecule has 3 rings (SSSR count). The lowest BCUT2D eigenvalue weighted by Crippen LogP contribution is -2.45. The van der Waals surface area contributed by atoms with E-state index in [4.69, 9.17) is 11.6 Å². The fourth-order valence-corrected chi connectivity index (χ4v) is 3.37. The second-order valence-corrected chi connectivity index (χ2v) is 6.44. The molecule has 1 aliphatic rings. The van der Waals surface area contributed by atoms with Gasteiger partial charge in [-0.15, -0.1) is 38.0 Å². The van der Waals surface area contributed by atoms with E-state index < -0.39 is 12.2 Å². The minimum Gasteiger partial charge on any atom is -0.406 e. The molecule has 0 radical (unpaired) electrons. The molecule has 0 unspecified atom stereocenters. The Balaban J connectivity index is 0.00000196. The van der Waals surface area contributed by atoms with Crippen molar-refractivity contribution >= 4 is 36.4 Å². The summed E-state index contributed by atoms with van der Waals surface area (Å²) >= 11 is 6.00. The second kappa shape index (κ2) is 10.5. The summed E-state index contributed by atoms with van der Waals surface area (Å²) in [5, 5.41) is 3.52. The lowest BCUT2D eigenvalue weighted by molar-refractivity contribution is -0.274. The van der Waals surface area contributed by atoms with Gasteiger partial charge in [0.15, 0.2) is 0 Å². The van der Waals surface area contributed by atoms with Gasteiger partial charge in [0.05, 0.1) is 6.04 Å². The molecular weight excluding hydrogens is 443 g/mol. The smallest absolute Gasteiger partial charge is 0.406 e. The third kappa shape index (κ3) is 6.67. The topological polar surface area (TPSA) is 24.5 Å². The molecule has 2 aromatic rings. The molecule has 2 aromatic carbocycles. The van der Waals surface area contributed by atoms with E-state index in [1.54, 1.807) is 18.2 Å². The van der Waals surface area contributed by atoms with Gasteiger partial charge >= 0.3 is 6.36 Å². The predicted octanol–water partition coefficient (Wildman–Crippen LogP) is 5.22. The molecule has 0 saturated carbocycles. The third-order valence-corrected chi connectivity index (χ3v) is 4.36. The Hall–Kier alpha value is -1.25. The van der Waals surface area contributed by atoms with E-state index >= 15 is 0 Å². The SMILES string of the molecule is Cl.Cl.Fc1cc(Cl)cc([C@H](c2ccc(OC(F)(F)F)cc2)N2CCNCC2)c1. The minimum absolute atomic E-state index is 0. The summed E-state index contributed by atoms with van der Waals surface area (Å²) in [6.07, 6.45) is -4.74. The van der Waals surface area contributed by atoms with Gasteiger partial charge in [-0.05, 0) is 41.5 Å². The molecule has 0 aliphatic carbocycles. The highest BCUT2D eigenvalue weighted by atomic mass is 35.5. The molecule has 10 heteroatoms. The van der Waals surface area contributed by atoms with Gasteiger partial charge in [-0.1, -0.05) is 23.7 Å². The van der Waals surface area contributed by atoms with Crippen LogP contribution in [0.3, 0.4) is 0 Å². The first-order valence-corrected chi connectivity index (χ1v) is 8.46. The Morgan fingerprint density at radius 1 is 0.964 bits per heavy atom. The molecule has 28 heavy (non-hydrogen) atoms. The Morgan fingerprint density at radius 3 is 2.11 bits per heavy atom. The number of halogens is 7. The van der Waals surface area contributed by atoms with Crippen molar-refractivity contribution in [3.8, 4) is 5.75 Å². The van der Waals surface area contributed by atoms with Gasteiger partial charge in [0.25, 0.3) is 0 Å². The maximum absolute atomic E-state index is 13.9. The van der Waals surface area contributed by atoms with Gasteiger partial charge in [-0.25, -0.2) is 4.39 Å². The van der Waals surface area contributed by atoms with Crippen molar-refractivity contribution in [1.29, 1.82) is 0 Å². The van der Waals surface area contributed by atoms with Gasteiger partial charge in [0, 0.05) is 31.2 Å². The molecule has 3 nitrogen and oxygen atoms in total. The van der Waals surface area contributed by atoms with Crippen LogP contribution < -0.4 is 10.1 Å². The molecule has 0 bridgehead atoms. The Morgan fingerprint density at radius 2 is 1.57 bits per heavy atom. The highest BCUT2D eigenvalue weighted by Crippen LogP contribution is 2.33. The number of benzene rings is 2. The van der Waals surface area contributed by atoms with E-state index in [9.17, 15) is 17.6 Å². The van der Waals surface area contributed by atoms with E-state index in [1.165, 1.54) is 24.3 Å². The monoisotopic (exact) mass is 460 g/mol. The van der Waals surface area contributed by atoms with Crippen LogP contribution in [0, 0.1) is 5.82 Å². The normalized spacial score (nSPS) is 15.9. The lowest BCUT2D eigenvalue weighted by Gasteiger charge is -2.35. The molecule has 156 valence electrons. The zero-order valence-corrected chi connectivity index (χ0v) is 16.9. The molecule has 0 spiro atoms. The van der Waals surface area contributed by atoms with Crippen LogP contribution in [0.5, 0.6) is 5.75 Å². The predicted molar refractivity (Wildman–Crippen MR) is 105 cm³/mol. The zero-order chi connectivity index (χ0) is 18.7. The van der Waals surface area contributed by atoms with E-state index in [-0.39, 0.29) is 41.6 Å². The van der Waals surface area contributed by atoms with E-state index in [1.807, 2.05) is 0 Å². The molecule has 1 atom stereocenters. The molecule has 0 amide bonds. The number of piperazine rings is 1. The highest BCUT2D eigenvalue weighted by molar-refractivity contribution is 6.30. The summed E-state index contributed by atoms with van der Waals surface area (Å²) in [6, 6.07) is 9.64. The van der Waals surface area contributed by atoms with E-state index in [2.05, 4.69) is 15.0 Å². The van der Waals surface area contributed by atoms with Gasteiger partial charge < -0.3 is 10.1 Å². The Labute approximate surface area is 177 Å². The lowest BCUT2D eigenvalue weighted by atomic mass is 9.96. The first-order chi connectivity index (χ1) is 12.3. The molecule has 1 heterocycles. The molecule has 1 fully saturated rings. The van der Waals surface area contributed by atoms with Crippen molar-refractivity contribution < 1.29 is 22.3 Å². The minimum atomic E-state index is -4.74. The summed E-state index contributed by atoms with van der Waals surface area (Å²) in [5.74, 6) is -0.748. The number of hydrogen-bond donors (Lipinski definition) is 1. The fourth-order valence-electron chi connectivity index (χ4n) is 3.14. The number of hydrogen-bond acceptors (Lipinski definition) is 3. The van der Waals surface area contributed by atoms with Crippen molar-refractivity contribution in [3.05, 3.63) is 64.4 Å². The van der Waals surface area contributed by atoms with Gasteiger partial charge in [-0.2, -0.15) is 0 Å².